The number of pyridine rings is 1. The Morgan fingerprint density at radius 3 is 2.44 bits per heavy atom. The predicted molar refractivity (Wildman–Crippen MR) is 107 cm³/mol. The molecule has 4 nitrogen and oxygen atoms in total. The van der Waals surface area contributed by atoms with Gasteiger partial charge < -0.3 is 14.6 Å². The van der Waals surface area contributed by atoms with E-state index in [1.54, 1.807) is 6.92 Å². The van der Waals surface area contributed by atoms with Gasteiger partial charge in [-0.25, -0.2) is 4.39 Å². The highest BCUT2D eigenvalue weighted by molar-refractivity contribution is 5.84. The van der Waals surface area contributed by atoms with E-state index in [4.69, 9.17) is 4.74 Å². The van der Waals surface area contributed by atoms with Crippen molar-refractivity contribution in [3.63, 3.8) is 0 Å². The topological polar surface area (TPSA) is 45.3 Å². The zero-order chi connectivity index (χ0) is 19.0. The number of benzene rings is 2. The normalized spacial score (nSPS) is 14.6. The van der Waals surface area contributed by atoms with Crippen molar-refractivity contribution in [2.45, 2.75) is 26.2 Å². The van der Waals surface area contributed by atoms with Crippen LogP contribution in [-0.2, 0) is 0 Å². The number of hydrogen-bond donors (Lipinski definition) is 1. The van der Waals surface area contributed by atoms with Crippen LogP contribution in [0.3, 0.4) is 0 Å². The summed E-state index contributed by atoms with van der Waals surface area (Å²) in [7, 11) is 1.41. The molecule has 1 fully saturated rings. The monoisotopic (exact) mass is 366 g/mol. The minimum Gasteiger partial charge on any atom is -0.494 e. The maximum Gasteiger partial charge on any atom is 0.193 e. The number of nitrogens with zero attached hydrogens (tertiary/aromatic N) is 1. The number of piperidine rings is 1. The highest BCUT2D eigenvalue weighted by atomic mass is 19.1. The lowest BCUT2D eigenvalue weighted by Crippen LogP contribution is -2.29. The Morgan fingerprint density at radius 2 is 1.78 bits per heavy atom. The van der Waals surface area contributed by atoms with Crippen LogP contribution in [0.15, 0.2) is 41.2 Å². The summed E-state index contributed by atoms with van der Waals surface area (Å²) in [5.41, 5.74) is 3.89. The molecule has 27 heavy (non-hydrogen) atoms. The van der Waals surface area contributed by atoms with Gasteiger partial charge in [-0.3, -0.25) is 4.79 Å². The second-order valence-corrected chi connectivity index (χ2v) is 7.08. The molecule has 5 heteroatoms. The van der Waals surface area contributed by atoms with E-state index in [0.717, 1.165) is 24.3 Å². The SMILES string of the molecule is COc1cc2[nH]c(-c3ccc(N4CCCCC4)cc3)c(C)c(=O)c2cc1F. The van der Waals surface area contributed by atoms with Crippen molar-refractivity contribution in [3.05, 3.63) is 58.0 Å². The molecule has 0 radical (unpaired) electrons. The molecule has 4 rings (SSSR count). The fourth-order valence-electron chi connectivity index (χ4n) is 3.82. The van der Waals surface area contributed by atoms with Crippen molar-refractivity contribution in [2.75, 3.05) is 25.1 Å². The average Bonchev–Trinajstić information content (AvgIpc) is 2.71. The van der Waals surface area contributed by atoms with Crippen LogP contribution in [0.4, 0.5) is 10.1 Å². The van der Waals surface area contributed by atoms with E-state index in [1.165, 1.54) is 44.2 Å². The van der Waals surface area contributed by atoms with E-state index < -0.39 is 5.82 Å². The number of methoxy groups -OCH3 is 1. The molecule has 2 heterocycles. The number of anilines is 1. The van der Waals surface area contributed by atoms with Gasteiger partial charge in [0.1, 0.15) is 0 Å². The highest BCUT2D eigenvalue weighted by Gasteiger charge is 2.15. The fourth-order valence-corrected chi connectivity index (χ4v) is 3.82. The molecule has 1 N–H and O–H groups in total. The first-order valence-electron chi connectivity index (χ1n) is 9.34. The number of H-pyrrole nitrogens is 1. The summed E-state index contributed by atoms with van der Waals surface area (Å²) in [5.74, 6) is -0.415. The standard InChI is InChI=1S/C22H23FN2O2/c1-14-21(15-6-8-16(9-7-15)25-10-4-3-5-11-25)24-19-13-20(27-2)18(23)12-17(19)22(14)26/h6-9,12-13H,3-5,10-11H2,1-2H3,(H,24,26). The number of ether oxygens (including phenoxy) is 1. The van der Waals surface area contributed by atoms with Gasteiger partial charge in [0.2, 0.25) is 0 Å². The Hall–Kier alpha value is -2.82. The maximum absolute atomic E-state index is 14.0. The smallest absolute Gasteiger partial charge is 0.193 e. The Morgan fingerprint density at radius 1 is 1.07 bits per heavy atom. The summed E-state index contributed by atoms with van der Waals surface area (Å²) in [5, 5.41) is 0.333. The summed E-state index contributed by atoms with van der Waals surface area (Å²) >= 11 is 0. The van der Waals surface area contributed by atoms with Crippen LogP contribution < -0.4 is 15.1 Å². The van der Waals surface area contributed by atoms with Crippen LogP contribution in [0.1, 0.15) is 24.8 Å². The minimum atomic E-state index is -0.534. The average molecular weight is 366 g/mol. The van der Waals surface area contributed by atoms with Crippen LogP contribution in [0.5, 0.6) is 5.75 Å². The van der Waals surface area contributed by atoms with Gasteiger partial charge in [-0.05, 0) is 49.9 Å². The first-order valence-corrected chi connectivity index (χ1v) is 9.34. The number of rotatable bonds is 3. The van der Waals surface area contributed by atoms with Crippen LogP contribution in [-0.4, -0.2) is 25.2 Å². The first-order chi connectivity index (χ1) is 13.1. The molecule has 3 aromatic rings. The van der Waals surface area contributed by atoms with Gasteiger partial charge in [0, 0.05) is 35.8 Å². The molecule has 0 aliphatic carbocycles. The lowest BCUT2D eigenvalue weighted by atomic mass is 10.0. The third-order valence-corrected chi connectivity index (χ3v) is 5.39. The summed E-state index contributed by atoms with van der Waals surface area (Å²) in [6, 6.07) is 11.1. The van der Waals surface area contributed by atoms with Crippen molar-refractivity contribution >= 4 is 16.6 Å². The number of halogens is 1. The molecule has 140 valence electrons. The van der Waals surface area contributed by atoms with E-state index in [9.17, 15) is 9.18 Å². The molecule has 2 aromatic carbocycles. The minimum absolute atomic E-state index is 0.119. The summed E-state index contributed by atoms with van der Waals surface area (Å²) in [6.07, 6.45) is 3.77. The van der Waals surface area contributed by atoms with E-state index in [0.29, 0.717) is 16.5 Å². The molecule has 1 aliphatic rings. The number of aromatic amines is 1. The van der Waals surface area contributed by atoms with E-state index in [1.807, 2.05) is 12.1 Å². The number of nitrogens with one attached hydrogen (secondary N) is 1. The van der Waals surface area contributed by atoms with Crippen LogP contribution in [0, 0.1) is 12.7 Å². The van der Waals surface area contributed by atoms with Crippen molar-refractivity contribution in [1.82, 2.24) is 4.98 Å². The Bertz CT molecular complexity index is 1030. The van der Waals surface area contributed by atoms with Crippen molar-refractivity contribution in [1.29, 1.82) is 0 Å². The molecule has 1 saturated heterocycles. The van der Waals surface area contributed by atoms with Crippen molar-refractivity contribution in [2.24, 2.45) is 0 Å². The van der Waals surface area contributed by atoms with Crippen LogP contribution in [0.2, 0.25) is 0 Å². The van der Waals surface area contributed by atoms with Gasteiger partial charge in [-0.1, -0.05) is 12.1 Å². The van der Waals surface area contributed by atoms with Crippen LogP contribution in [0.25, 0.3) is 22.2 Å². The van der Waals surface area contributed by atoms with Gasteiger partial charge in [0.05, 0.1) is 18.3 Å². The Labute approximate surface area is 157 Å². The van der Waals surface area contributed by atoms with Gasteiger partial charge >= 0.3 is 0 Å². The summed E-state index contributed by atoms with van der Waals surface area (Å²) < 4.78 is 19.0. The third-order valence-electron chi connectivity index (χ3n) is 5.39. The first kappa shape index (κ1) is 17.6. The second kappa shape index (κ2) is 7.06. The van der Waals surface area contributed by atoms with Gasteiger partial charge in [-0.15, -0.1) is 0 Å². The van der Waals surface area contributed by atoms with E-state index in [2.05, 4.69) is 22.0 Å². The third kappa shape index (κ3) is 3.18. The number of aromatic nitrogens is 1. The summed E-state index contributed by atoms with van der Waals surface area (Å²) in [6.45, 7) is 3.96. The molecule has 0 amide bonds. The maximum atomic E-state index is 14.0. The fraction of sp³-hybridized carbons (Fsp3) is 0.318. The molecule has 1 aliphatic heterocycles. The highest BCUT2D eigenvalue weighted by Crippen LogP contribution is 2.28. The van der Waals surface area contributed by atoms with Crippen LogP contribution >= 0.6 is 0 Å². The molecular weight excluding hydrogens is 343 g/mol. The predicted octanol–water partition coefficient (Wildman–Crippen LogP) is 4.64. The summed E-state index contributed by atoms with van der Waals surface area (Å²) in [4.78, 5) is 18.4. The molecular formula is C22H23FN2O2. The molecule has 0 saturated carbocycles. The number of fused-ring (bicyclic) bond motifs is 1. The van der Waals surface area contributed by atoms with Gasteiger partial charge in [0.25, 0.3) is 0 Å². The van der Waals surface area contributed by atoms with Gasteiger partial charge in [0.15, 0.2) is 17.0 Å². The quantitative estimate of drug-likeness (QED) is 0.734. The second-order valence-electron chi connectivity index (χ2n) is 7.08. The zero-order valence-corrected chi connectivity index (χ0v) is 15.6. The largest absolute Gasteiger partial charge is 0.494 e. The zero-order valence-electron chi connectivity index (χ0n) is 15.6. The Kier molecular flexibility index (Phi) is 4.60. The Balaban J connectivity index is 1.77. The lowest BCUT2D eigenvalue weighted by Gasteiger charge is -2.28. The molecule has 0 bridgehead atoms. The molecule has 0 unspecified atom stereocenters. The van der Waals surface area contributed by atoms with E-state index in [-0.39, 0.29) is 11.2 Å². The van der Waals surface area contributed by atoms with Crippen molar-refractivity contribution < 1.29 is 9.13 Å². The van der Waals surface area contributed by atoms with Gasteiger partial charge in [-0.2, -0.15) is 0 Å². The van der Waals surface area contributed by atoms with Crippen molar-refractivity contribution in [3.8, 4) is 17.0 Å². The van der Waals surface area contributed by atoms with E-state index >= 15 is 0 Å². The molecule has 0 atom stereocenters. The number of hydrogen-bond acceptors (Lipinski definition) is 3. The lowest BCUT2D eigenvalue weighted by molar-refractivity contribution is 0.387. The molecule has 1 aromatic heterocycles. The molecule has 0 spiro atoms.